The van der Waals surface area contributed by atoms with E-state index in [1.165, 1.54) is 0 Å². The number of β-amino-alcohol motifs (C(OH)–C–C–N with tert-alkyl or cyclic N) is 1. The molecule has 0 spiro atoms. The van der Waals surface area contributed by atoms with Gasteiger partial charge in [-0.1, -0.05) is 43.1 Å². The smallest absolute Gasteiger partial charge is 0.194 e. The molecule has 1 fully saturated rings. The molecule has 2 rings (SSSR count). The van der Waals surface area contributed by atoms with Crippen LogP contribution in [-0.4, -0.2) is 48.2 Å². The van der Waals surface area contributed by atoms with Crippen molar-refractivity contribution in [3.63, 3.8) is 0 Å². The van der Waals surface area contributed by atoms with Gasteiger partial charge in [0.2, 0.25) is 0 Å². The summed E-state index contributed by atoms with van der Waals surface area (Å²) in [5.41, 5.74) is 0.637. The summed E-state index contributed by atoms with van der Waals surface area (Å²) in [6, 6.07) is 5.57. The zero-order chi connectivity index (χ0) is 17.0. The van der Waals surface area contributed by atoms with Crippen LogP contribution in [0.25, 0.3) is 0 Å². The summed E-state index contributed by atoms with van der Waals surface area (Å²) in [5.74, 6) is 0.834. The van der Waals surface area contributed by atoms with Crippen molar-refractivity contribution in [1.82, 2.24) is 10.2 Å². The molecule has 2 N–H and O–H groups in total. The first-order chi connectivity index (χ1) is 10.8. The maximum absolute atomic E-state index is 9.74. The van der Waals surface area contributed by atoms with Crippen molar-refractivity contribution in [2.24, 2.45) is 4.99 Å². The molecule has 0 unspecified atom stereocenters. The Kier molecular flexibility index (Phi) is 8.59. The van der Waals surface area contributed by atoms with E-state index in [-0.39, 0.29) is 35.5 Å². The van der Waals surface area contributed by atoms with E-state index in [0.29, 0.717) is 23.1 Å². The van der Waals surface area contributed by atoms with E-state index in [2.05, 4.69) is 24.1 Å². The van der Waals surface area contributed by atoms with E-state index in [4.69, 9.17) is 28.2 Å². The van der Waals surface area contributed by atoms with Gasteiger partial charge in [0, 0.05) is 35.1 Å². The Morgan fingerprint density at radius 2 is 2.00 bits per heavy atom. The molecule has 1 aliphatic rings. The van der Waals surface area contributed by atoms with Gasteiger partial charge in [-0.05, 0) is 31.0 Å². The molecule has 1 aromatic rings. The van der Waals surface area contributed by atoms with E-state index >= 15 is 0 Å². The van der Waals surface area contributed by atoms with Gasteiger partial charge in [0.15, 0.2) is 5.96 Å². The Morgan fingerprint density at radius 1 is 1.38 bits per heavy atom. The van der Waals surface area contributed by atoms with Crippen molar-refractivity contribution in [2.45, 2.75) is 38.7 Å². The van der Waals surface area contributed by atoms with Gasteiger partial charge in [0.1, 0.15) is 0 Å². The van der Waals surface area contributed by atoms with Crippen LogP contribution >= 0.6 is 47.2 Å². The van der Waals surface area contributed by atoms with E-state index in [0.717, 1.165) is 31.0 Å². The summed E-state index contributed by atoms with van der Waals surface area (Å²) in [6.07, 6.45) is 0.509. The molecular formula is C17H26Cl2IN3O. The number of aliphatic hydroxyl groups is 1. The van der Waals surface area contributed by atoms with Crippen LogP contribution in [0.1, 0.15) is 32.8 Å². The first-order valence-corrected chi connectivity index (χ1v) is 8.76. The van der Waals surface area contributed by atoms with E-state index in [1.54, 1.807) is 0 Å². The summed E-state index contributed by atoms with van der Waals surface area (Å²) in [5, 5.41) is 14.4. The number of aliphatic imine (C=N–C) groups is 1. The highest BCUT2D eigenvalue weighted by Gasteiger charge is 2.28. The monoisotopic (exact) mass is 485 g/mol. The Labute approximate surface area is 171 Å². The minimum atomic E-state index is -0.283. The van der Waals surface area contributed by atoms with Crippen molar-refractivity contribution >= 4 is 53.1 Å². The number of hydrogen-bond acceptors (Lipinski definition) is 2. The minimum absolute atomic E-state index is 0. The molecule has 0 amide bonds. The van der Waals surface area contributed by atoms with Crippen LogP contribution in [0.4, 0.5) is 0 Å². The Balaban J connectivity index is 0.00000288. The van der Waals surface area contributed by atoms with Gasteiger partial charge < -0.3 is 15.3 Å². The van der Waals surface area contributed by atoms with Gasteiger partial charge in [0.25, 0.3) is 0 Å². The van der Waals surface area contributed by atoms with Crippen molar-refractivity contribution in [2.75, 3.05) is 26.2 Å². The molecule has 0 bridgehead atoms. The SMILES string of the molecule is CCNC(=NCC(C)(C)c1c(Cl)cccc1Cl)N1CC[C@@H](O)C1.I. The molecule has 4 nitrogen and oxygen atoms in total. The second-order valence-electron chi connectivity index (χ2n) is 6.54. The van der Waals surface area contributed by atoms with Gasteiger partial charge >= 0.3 is 0 Å². The topological polar surface area (TPSA) is 47.9 Å². The average molecular weight is 486 g/mol. The number of hydrogen-bond donors (Lipinski definition) is 2. The van der Waals surface area contributed by atoms with Crippen LogP contribution < -0.4 is 5.32 Å². The maximum atomic E-state index is 9.74. The minimum Gasteiger partial charge on any atom is -0.391 e. The highest BCUT2D eigenvalue weighted by Crippen LogP contribution is 2.35. The summed E-state index contributed by atoms with van der Waals surface area (Å²) in [4.78, 5) is 6.86. The van der Waals surface area contributed by atoms with Gasteiger partial charge in [-0.3, -0.25) is 4.99 Å². The third kappa shape index (κ3) is 5.38. The molecule has 1 atom stereocenters. The van der Waals surface area contributed by atoms with E-state index < -0.39 is 0 Å². The number of benzene rings is 1. The number of likely N-dealkylation sites (tertiary alicyclic amines) is 1. The van der Waals surface area contributed by atoms with Crippen LogP contribution in [0.2, 0.25) is 10.0 Å². The lowest BCUT2D eigenvalue weighted by molar-refractivity contribution is 0.187. The predicted octanol–water partition coefficient (Wildman–Crippen LogP) is 3.92. The molecule has 1 aromatic carbocycles. The molecule has 1 heterocycles. The van der Waals surface area contributed by atoms with E-state index in [9.17, 15) is 5.11 Å². The molecule has 1 saturated heterocycles. The normalized spacial score (nSPS) is 18.5. The van der Waals surface area contributed by atoms with Crippen molar-refractivity contribution in [3.05, 3.63) is 33.8 Å². The maximum Gasteiger partial charge on any atom is 0.194 e. The molecule has 0 radical (unpaired) electrons. The molecule has 0 aliphatic carbocycles. The number of aliphatic hydroxyl groups excluding tert-OH is 1. The first kappa shape index (κ1) is 21.8. The fourth-order valence-electron chi connectivity index (χ4n) is 2.86. The summed E-state index contributed by atoms with van der Waals surface area (Å²) in [7, 11) is 0. The number of halogens is 3. The fourth-order valence-corrected chi connectivity index (χ4v) is 3.76. The van der Waals surface area contributed by atoms with Gasteiger partial charge in [-0.25, -0.2) is 0 Å². The van der Waals surface area contributed by atoms with Gasteiger partial charge in [-0.15, -0.1) is 24.0 Å². The van der Waals surface area contributed by atoms with Crippen molar-refractivity contribution in [1.29, 1.82) is 0 Å². The number of rotatable bonds is 4. The summed E-state index contributed by atoms with van der Waals surface area (Å²) in [6.45, 7) is 9.01. The highest BCUT2D eigenvalue weighted by molar-refractivity contribution is 14.0. The largest absolute Gasteiger partial charge is 0.391 e. The zero-order valence-electron chi connectivity index (χ0n) is 14.4. The van der Waals surface area contributed by atoms with Crippen LogP contribution in [0.15, 0.2) is 23.2 Å². The lowest BCUT2D eigenvalue weighted by atomic mass is 9.84. The molecular weight excluding hydrogens is 460 g/mol. The lowest BCUT2D eigenvalue weighted by Gasteiger charge is -2.27. The molecule has 0 saturated carbocycles. The summed E-state index contributed by atoms with van der Waals surface area (Å²) < 4.78 is 0. The van der Waals surface area contributed by atoms with Crippen molar-refractivity contribution in [3.8, 4) is 0 Å². The number of nitrogens with one attached hydrogen (secondary N) is 1. The van der Waals surface area contributed by atoms with Gasteiger partial charge in [-0.2, -0.15) is 0 Å². The molecule has 1 aliphatic heterocycles. The third-order valence-electron chi connectivity index (χ3n) is 4.06. The Morgan fingerprint density at radius 3 is 2.50 bits per heavy atom. The highest BCUT2D eigenvalue weighted by atomic mass is 127. The number of nitrogens with zero attached hydrogens (tertiary/aromatic N) is 2. The van der Waals surface area contributed by atoms with Crippen LogP contribution in [0, 0.1) is 0 Å². The average Bonchev–Trinajstić information content (AvgIpc) is 2.89. The van der Waals surface area contributed by atoms with Crippen LogP contribution in [-0.2, 0) is 5.41 Å². The fraction of sp³-hybridized carbons (Fsp3) is 0.588. The number of guanidine groups is 1. The van der Waals surface area contributed by atoms with E-state index in [1.807, 2.05) is 25.1 Å². The third-order valence-corrected chi connectivity index (χ3v) is 4.69. The molecule has 0 aromatic heterocycles. The molecule has 136 valence electrons. The Hall–Kier alpha value is -0.240. The second kappa shape index (κ2) is 9.46. The van der Waals surface area contributed by atoms with Crippen molar-refractivity contribution < 1.29 is 5.11 Å². The van der Waals surface area contributed by atoms with Crippen LogP contribution in [0.5, 0.6) is 0 Å². The summed E-state index contributed by atoms with van der Waals surface area (Å²) >= 11 is 12.7. The second-order valence-corrected chi connectivity index (χ2v) is 7.35. The first-order valence-electron chi connectivity index (χ1n) is 8.01. The Bertz CT molecular complexity index is 561. The predicted molar refractivity (Wildman–Crippen MR) is 113 cm³/mol. The lowest BCUT2D eigenvalue weighted by Crippen LogP contribution is -2.41. The quantitative estimate of drug-likeness (QED) is 0.386. The standard InChI is InChI=1S/C17H25Cl2N3O.HI/c1-4-20-16(22-9-8-12(23)10-22)21-11-17(2,3)15-13(18)6-5-7-14(15)19;/h5-7,12,23H,4,8-11H2,1-3H3,(H,20,21);1H/t12-;/m1./s1. The van der Waals surface area contributed by atoms with Gasteiger partial charge in [0.05, 0.1) is 12.6 Å². The molecule has 24 heavy (non-hydrogen) atoms. The molecule has 7 heteroatoms. The zero-order valence-corrected chi connectivity index (χ0v) is 18.2. The van der Waals surface area contributed by atoms with Crippen LogP contribution in [0.3, 0.4) is 0 Å².